The second-order valence-corrected chi connectivity index (χ2v) is 4.91. The summed E-state index contributed by atoms with van der Waals surface area (Å²) in [5.74, 6) is 1.52. The van der Waals surface area contributed by atoms with Crippen LogP contribution in [0.25, 0.3) is 0 Å². The minimum atomic E-state index is 0.640. The van der Waals surface area contributed by atoms with Crippen LogP contribution in [0.1, 0.15) is 0 Å². The fourth-order valence-corrected chi connectivity index (χ4v) is 1.65. The predicted octanol–water partition coefficient (Wildman–Crippen LogP) is 2.62. The van der Waals surface area contributed by atoms with Crippen molar-refractivity contribution in [1.29, 1.82) is 0 Å². The Morgan fingerprint density at radius 1 is 1.00 bits per heavy atom. The van der Waals surface area contributed by atoms with Crippen molar-refractivity contribution in [2.45, 2.75) is 0 Å². The summed E-state index contributed by atoms with van der Waals surface area (Å²) in [7, 11) is 4.03. The van der Waals surface area contributed by atoms with Gasteiger partial charge in [-0.2, -0.15) is 0 Å². The van der Waals surface area contributed by atoms with E-state index in [0.29, 0.717) is 18.0 Å². The number of nitrogens with zero attached hydrogens (tertiary/aromatic N) is 1. The lowest BCUT2D eigenvalue weighted by molar-refractivity contribution is 0.261. The van der Waals surface area contributed by atoms with Crippen LogP contribution in [0.3, 0.4) is 0 Å². The highest BCUT2D eigenvalue weighted by atomic mass is 16.6. The van der Waals surface area contributed by atoms with Gasteiger partial charge in [0.15, 0.2) is 5.75 Å². The second kappa shape index (κ2) is 7.40. The van der Waals surface area contributed by atoms with Gasteiger partial charge in [0.25, 0.3) is 0 Å². The SMILES string of the molecule is CN(C)CCOc1ccc(ONc2ccccc2N)cc1. The lowest BCUT2D eigenvalue weighted by Crippen LogP contribution is -2.19. The van der Waals surface area contributed by atoms with Crippen molar-refractivity contribution < 1.29 is 9.57 Å². The first kappa shape index (κ1) is 15.0. The highest BCUT2D eigenvalue weighted by molar-refractivity contribution is 5.64. The molecule has 0 radical (unpaired) electrons. The van der Waals surface area contributed by atoms with E-state index in [4.69, 9.17) is 15.3 Å². The predicted molar refractivity (Wildman–Crippen MR) is 85.6 cm³/mol. The van der Waals surface area contributed by atoms with Gasteiger partial charge in [-0.25, -0.2) is 5.48 Å². The van der Waals surface area contributed by atoms with Crippen LogP contribution in [-0.4, -0.2) is 32.1 Å². The molecule has 0 fully saturated rings. The lowest BCUT2D eigenvalue weighted by atomic mass is 10.3. The zero-order valence-electron chi connectivity index (χ0n) is 12.4. The zero-order chi connectivity index (χ0) is 15.1. The number of ether oxygens (including phenoxy) is 1. The molecule has 0 saturated carbocycles. The van der Waals surface area contributed by atoms with Crippen molar-refractivity contribution in [2.24, 2.45) is 0 Å². The first-order chi connectivity index (χ1) is 10.1. The number of nitrogens with one attached hydrogen (secondary N) is 1. The Balaban J connectivity index is 1.84. The third kappa shape index (κ3) is 4.89. The van der Waals surface area contributed by atoms with Gasteiger partial charge in [-0.15, -0.1) is 0 Å². The zero-order valence-corrected chi connectivity index (χ0v) is 12.4. The molecule has 3 N–H and O–H groups in total. The van der Waals surface area contributed by atoms with Gasteiger partial charge in [0, 0.05) is 6.54 Å². The molecule has 0 amide bonds. The second-order valence-electron chi connectivity index (χ2n) is 4.91. The number of hydrogen-bond donors (Lipinski definition) is 2. The molecule has 0 bridgehead atoms. The minimum Gasteiger partial charge on any atom is -0.492 e. The molecule has 0 heterocycles. The molecule has 21 heavy (non-hydrogen) atoms. The third-order valence-electron chi connectivity index (χ3n) is 2.87. The van der Waals surface area contributed by atoms with Crippen LogP contribution < -0.4 is 20.8 Å². The Morgan fingerprint density at radius 2 is 1.67 bits per heavy atom. The summed E-state index contributed by atoms with van der Waals surface area (Å²) in [6.45, 7) is 1.54. The van der Waals surface area contributed by atoms with Crippen LogP contribution in [0.4, 0.5) is 11.4 Å². The molecule has 2 rings (SSSR count). The van der Waals surface area contributed by atoms with Gasteiger partial charge in [-0.1, -0.05) is 12.1 Å². The number of nitrogen functional groups attached to an aromatic ring is 1. The molecule has 0 aromatic heterocycles. The van der Waals surface area contributed by atoms with E-state index in [2.05, 4.69) is 10.4 Å². The van der Waals surface area contributed by atoms with Crippen molar-refractivity contribution in [1.82, 2.24) is 4.90 Å². The number of nitrogens with two attached hydrogens (primary N) is 1. The lowest BCUT2D eigenvalue weighted by Gasteiger charge is -2.12. The molecule has 5 heteroatoms. The summed E-state index contributed by atoms with van der Waals surface area (Å²) in [6.07, 6.45) is 0. The fourth-order valence-electron chi connectivity index (χ4n) is 1.65. The van der Waals surface area contributed by atoms with Gasteiger partial charge in [0.2, 0.25) is 0 Å². The van der Waals surface area contributed by atoms with Gasteiger partial charge in [0.05, 0.1) is 11.4 Å². The quantitative estimate of drug-likeness (QED) is 0.605. The van der Waals surface area contributed by atoms with E-state index in [9.17, 15) is 0 Å². The monoisotopic (exact) mass is 287 g/mol. The molecule has 0 saturated heterocycles. The van der Waals surface area contributed by atoms with E-state index in [1.165, 1.54) is 0 Å². The average Bonchev–Trinajstić information content (AvgIpc) is 2.47. The van der Waals surface area contributed by atoms with Crippen LogP contribution in [0.5, 0.6) is 11.5 Å². The van der Waals surface area contributed by atoms with Crippen LogP contribution in [0, 0.1) is 0 Å². The van der Waals surface area contributed by atoms with Crippen molar-refractivity contribution in [3.05, 3.63) is 48.5 Å². The Kier molecular flexibility index (Phi) is 5.29. The largest absolute Gasteiger partial charge is 0.492 e. The number of likely N-dealkylation sites (N-methyl/N-ethyl adjacent to an activating group) is 1. The Labute approximate surface area is 125 Å². The molecule has 0 aliphatic carbocycles. The van der Waals surface area contributed by atoms with E-state index < -0.39 is 0 Å². The molecule has 0 atom stereocenters. The molecular formula is C16H21N3O2. The average molecular weight is 287 g/mol. The van der Waals surface area contributed by atoms with E-state index >= 15 is 0 Å². The minimum absolute atomic E-state index is 0.640. The van der Waals surface area contributed by atoms with Crippen LogP contribution in [-0.2, 0) is 0 Å². The third-order valence-corrected chi connectivity index (χ3v) is 2.87. The Morgan fingerprint density at radius 3 is 2.33 bits per heavy atom. The number of hydrogen-bond acceptors (Lipinski definition) is 5. The first-order valence-corrected chi connectivity index (χ1v) is 6.80. The molecule has 0 unspecified atom stereocenters. The highest BCUT2D eigenvalue weighted by Crippen LogP contribution is 2.20. The van der Waals surface area contributed by atoms with Gasteiger partial charge < -0.3 is 20.2 Å². The van der Waals surface area contributed by atoms with Gasteiger partial charge in [0.1, 0.15) is 12.4 Å². The first-order valence-electron chi connectivity index (χ1n) is 6.80. The maximum Gasteiger partial charge on any atom is 0.155 e. The summed E-state index contributed by atoms with van der Waals surface area (Å²) in [5, 5.41) is 0. The highest BCUT2D eigenvalue weighted by Gasteiger charge is 2.00. The maximum atomic E-state index is 5.82. The number of para-hydroxylation sites is 2. The summed E-state index contributed by atoms with van der Waals surface area (Å²) >= 11 is 0. The summed E-state index contributed by atoms with van der Waals surface area (Å²) in [5.41, 5.74) is 10.0. The molecule has 0 aliphatic rings. The number of rotatable bonds is 7. The van der Waals surface area contributed by atoms with E-state index in [1.807, 2.05) is 62.6 Å². The molecule has 112 valence electrons. The molecular weight excluding hydrogens is 266 g/mol. The van der Waals surface area contributed by atoms with Gasteiger partial charge >= 0.3 is 0 Å². The smallest absolute Gasteiger partial charge is 0.155 e. The summed E-state index contributed by atoms with van der Waals surface area (Å²) in [6, 6.07) is 14.9. The summed E-state index contributed by atoms with van der Waals surface area (Å²) < 4.78 is 5.62. The molecule has 0 aliphatic heterocycles. The van der Waals surface area contributed by atoms with Gasteiger partial charge in [-0.05, 0) is 50.5 Å². The normalized spacial score (nSPS) is 10.4. The topological polar surface area (TPSA) is 59.8 Å². The van der Waals surface area contributed by atoms with Crippen molar-refractivity contribution in [3.63, 3.8) is 0 Å². The summed E-state index contributed by atoms with van der Waals surface area (Å²) in [4.78, 5) is 7.55. The van der Waals surface area contributed by atoms with Crippen molar-refractivity contribution in [3.8, 4) is 11.5 Å². The number of benzene rings is 2. The number of anilines is 2. The van der Waals surface area contributed by atoms with Crippen LogP contribution in [0.2, 0.25) is 0 Å². The van der Waals surface area contributed by atoms with E-state index in [0.717, 1.165) is 18.0 Å². The fraction of sp³-hybridized carbons (Fsp3) is 0.250. The Bertz CT molecular complexity index is 556. The van der Waals surface area contributed by atoms with Crippen LogP contribution >= 0.6 is 0 Å². The standard InChI is InChI=1S/C16H21N3O2/c1-19(2)11-12-20-13-7-9-14(10-8-13)21-18-16-6-4-3-5-15(16)17/h3-10,18H,11-12,17H2,1-2H3. The molecule has 5 nitrogen and oxygen atoms in total. The van der Waals surface area contributed by atoms with E-state index in [-0.39, 0.29) is 0 Å². The van der Waals surface area contributed by atoms with Crippen molar-refractivity contribution in [2.75, 3.05) is 38.5 Å². The van der Waals surface area contributed by atoms with E-state index in [1.54, 1.807) is 0 Å². The molecule has 2 aromatic carbocycles. The van der Waals surface area contributed by atoms with Gasteiger partial charge in [-0.3, -0.25) is 0 Å². The molecule has 0 spiro atoms. The van der Waals surface area contributed by atoms with Crippen LogP contribution in [0.15, 0.2) is 48.5 Å². The van der Waals surface area contributed by atoms with Crippen molar-refractivity contribution >= 4 is 11.4 Å². The molecule has 2 aromatic rings. The Hall–Kier alpha value is -2.40. The maximum absolute atomic E-state index is 5.82.